The van der Waals surface area contributed by atoms with Gasteiger partial charge in [0, 0.05) is 13.1 Å². The van der Waals surface area contributed by atoms with Crippen molar-refractivity contribution in [2.45, 2.75) is 13.0 Å². The highest BCUT2D eigenvalue weighted by Gasteiger charge is 2.26. The molecule has 0 saturated carbocycles. The van der Waals surface area contributed by atoms with E-state index in [0.717, 1.165) is 0 Å². The lowest BCUT2D eigenvalue weighted by Crippen LogP contribution is -2.46. The highest BCUT2D eigenvalue weighted by molar-refractivity contribution is 6.33. The normalized spacial score (nSPS) is 16.4. The number of nitrogen functional groups attached to an aromatic ring is 1. The third-order valence-electron chi connectivity index (χ3n) is 3.23. The number of rotatable bonds is 3. The Morgan fingerprint density at radius 2 is 2.05 bits per heavy atom. The number of carbonyl (C=O) groups is 2. The van der Waals surface area contributed by atoms with Gasteiger partial charge in [-0.05, 0) is 19.1 Å². The van der Waals surface area contributed by atoms with Gasteiger partial charge < -0.3 is 20.1 Å². The topological polar surface area (TPSA) is 81.9 Å². The zero-order valence-electron chi connectivity index (χ0n) is 11.7. The van der Waals surface area contributed by atoms with Crippen molar-refractivity contribution in [2.75, 3.05) is 32.0 Å². The van der Waals surface area contributed by atoms with Crippen LogP contribution in [-0.2, 0) is 14.3 Å². The van der Waals surface area contributed by atoms with Crippen LogP contribution in [0.5, 0.6) is 0 Å². The number of esters is 1. The van der Waals surface area contributed by atoms with Crippen molar-refractivity contribution in [3.63, 3.8) is 0 Å². The van der Waals surface area contributed by atoms with Crippen LogP contribution in [0.25, 0.3) is 0 Å². The van der Waals surface area contributed by atoms with E-state index in [1.54, 1.807) is 17.0 Å². The molecule has 0 spiro atoms. The number of para-hydroxylation sites is 1. The first-order chi connectivity index (χ1) is 10.0. The molecule has 2 rings (SSSR count). The van der Waals surface area contributed by atoms with Crippen LogP contribution < -0.4 is 5.73 Å². The molecular weight excluding hydrogens is 296 g/mol. The van der Waals surface area contributed by atoms with Gasteiger partial charge in [0.15, 0.2) is 6.10 Å². The number of hydrogen-bond acceptors (Lipinski definition) is 5. The maximum Gasteiger partial charge on any atom is 0.341 e. The number of halogens is 1. The number of morpholine rings is 1. The highest BCUT2D eigenvalue weighted by Crippen LogP contribution is 2.23. The molecule has 1 atom stereocenters. The number of hydrogen-bond donors (Lipinski definition) is 1. The van der Waals surface area contributed by atoms with Crippen LogP contribution in [0.2, 0.25) is 5.02 Å². The van der Waals surface area contributed by atoms with E-state index in [4.69, 9.17) is 26.8 Å². The third-order valence-corrected chi connectivity index (χ3v) is 3.56. The molecule has 1 fully saturated rings. The fourth-order valence-corrected chi connectivity index (χ4v) is 2.20. The number of amides is 1. The molecule has 1 aromatic carbocycles. The maximum atomic E-state index is 12.2. The van der Waals surface area contributed by atoms with Crippen LogP contribution in [0.15, 0.2) is 18.2 Å². The fourth-order valence-electron chi connectivity index (χ4n) is 2.03. The summed E-state index contributed by atoms with van der Waals surface area (Å²) < 4.78 is 10.4. The van der Waals surface area contributed by atoms with Gasteiger partial charge in [-0.15, -0.1) is 0 Å². The molecule has 1 aliphatic heterocycles. The van der Waals surface area contributed by atoms with E-state index < -0.39 is 12.1 Å². The van der Waals surface area contributed by atoms with Crippen LogP contribution in [0, 0.1) is 0 Å². The number of ether oxygens (including phenoxy) is 2. The number of nitrogens with two attached hydrogens (primary N) is 1. The summed E-state index contributed by atoms with van der Waals surface area (Å²) in [4.78, 5) is 25.8. The Hall–Kier alpha value is -1.79. The summed E-state index contributed by atoms with van der Waals surface area (Å²) in [6, 6.07) is 4.69. The Morgan fingerprint density at radius 1 is 1.38 bits per heavy atom. The molecule has 1 aromatic rings. The SMILES string of the molecule is CC(OC(=O)c1cccc(Cl)c1N)C(=O)N1CCOCC1. The van der Waals surface area contributed by atoms with Crippen molar-refractivity contribution >= 4 is 29.2 Å². The molecule has 7 heteroatoms. The second kappa shape index (κ2) is 6.78. The molecule has 2 N–H and O–H groups in total. The number of carbonyl (C=O) groups excluding carboxylic acids is 2. The minimum Gasteiger partial charge on any atom is -0.449 e. The molecule has 0 aromatic heterocycles. The first kappa shape index (κ1) is 15.6. The molecule has 1 saturated heterocycles. The summed E-state index contributed by atoms with van der Waals surface area (Å²) in [6.45, 7) is 3.53. The highest BCUT2D eigenvalue weighted by atomic mass is 35.5. The molecule has 0 radical (unpaired) electrons. The quantitative estimate of drug-likeness (QED) is 0.672. The van der Waals surface area contributed by atoms with Crippen LogP contribution in [-0.4, -0.2) is 49.2 Å². The van der Waals surface area contributed by atoms with Crippen molar-refractivity contribution in [1.29, 1.82) is 0 Å². The van der Waals surface area contributed by atoms with Gasteiger partial charge in [0.1, 0.15) is 0 Å². The second-order valence-corrected chi connectivity index (χ2v) is 5.09. The first-order valence-corrected chi connectivity index (χ1v) is 7.00. The third kappa shape index (κ3) is 3.65. The molecule has 0 bridgehead atoms. The zero-order chi connectivity index (χ0) is 15.4. The van der Waals surface area contributed by atoms with Crippen molar-refractivity contribution in [2.24, 2.45) is 0 Å². The van der Waals surface area contributed by atoms with Gasteiger partial charge in [-0.1, -0.05) is 17.7 Å². The summed E-state index contributed by atoms with van der Waals surface area (Å²) in [5, 5.41) is 0.275. The molecule has 1 unspecified atom stereocenters. The lowest BCUT2D eigenvalue weighted by atomic mass is 10.2. The van der Waals surface area contributed by atoms with E-state index in [-0.39, 0.29) is 22.2 Å². The van der Waals surface area contributed by atoms with Crippen LogP contribution in [0.4, 0.5) is 5.69 Å². The Bertz CT molecular complexity index is 544. The van der Waals surface area contributed by atoms with Crippen LogP contribution >= 0.6 is 11.6 Å². The fraction of sp³-hybridized carbons (Fsp3) is 0.429. The van der Waals surface area contributed by atoms with E-state index >= 15 is 0 Å². The molecular formula is C14H17ClN2O4. The molecule has 1 aliphatic rings. The Balaban J connectivity index is 2.01. The molecule has 21 heavy (non-hydrogen) atoms. The standard InChI is InChI=1S/C14H17ClN2O4/c1-9(13(18)17-5-7-20-8-6-17)21-14(19)10-3-2-4-11(15)12(10)16/h2-4,9H,5-8,16H2,1H3. The van der Waals surface area contributed by atoms with E-state index in [2.05, 4.69) is 0 Å². The Labute approximate surface area is 127 Å². The number of benzene rings is 1. The minimum absolute atomic E-state index is 0.148. The molecule has 114 valence electrons. The summed E-state index contributed by atoms with van der Waals surface area (Å²) in [7, 11) is 0. The molecule has 6 nitrogen and oxygen atoms in total. The summed E-state index contributed by atoms with van der Waals surface area (Å²) in [5.74, 6) is -0.906. The van der Waals surface area contributed by atoms with E-state index in [1.807, 2.05) is 0 Å². The summed E-state index contributed by atoms with van der Waals surface area (Å²) in [6.07, 6.45) is -0.881. The summed E-state index contributed by atoms with van der Waals surface area (Å²) >= 11 is 5.86. The van der Waals surface area contributed by atoms with Gasteiger partial charge in [0.2, 0.25) is 0 Å². The monoisotopic (exact) mass is 312 g/mol. The number of nitrogens with zero attached hydrogens (tertiary/aromatic N) is 1. The van der Waals surface area contributed by atoms with Gasteiger partial charge in [0.05, 0.1) is 29.5 Å². The minimum atomic E-state index is -0.881. The second-order valence-electron chi connectivity index (χ2n) is 4.69. The average molecular weight is 313 g/mol. The lowest BCUT2D eigenvalue weighted by molar-refractivity contribution is -0.143. The maximum absolute atomic E-state index is 12.2. The van der Waals surface area contributed by atoms with E-state index in [9.17, 15) is 9.59 Å². The van der Waals surface area contributed by atoms with Gasteiger partial charge in [-0.25, -0.2) is 4.79 Å². The number of anilines is 1. The predicted molar refractivity (Wildman–Crippen MR) is 78.1 cm³/mol. The van der Waals surface area contributed by atoms with Crippen molar-refractivity contribution < 1.29 is 19.1 Å². The smallest absolute Gasteiger partial charge is 0.341 e. The van der Waals surface area contributed by atoms with E-state index in [1.165, 1.54) is 13.0 Å². The molecule has 1 heterocycles. The Morgan fingerprint density at radius 3 is 2.71 bits per heavy atom. The van der Waals surface area contributed by atoms with E-state index in [0.29, 0.717) is 26.3 Å². The van der Waals surface area contributed by atoms with Crippen molar-refractivity contribution in [3.8, 4) is 0 Å². The first-order valence-electron chi connectivity index (χ1n) is 6.62. The summed E-state index contributed by atoms with van der Waals surface area (Å²) in [5.41, 5.74) is 6.04. The van der Waals surface area contributed by atoms with Crippen molar-refractivity contribution in [3.05, 3.63) is 28.8 Å². The Kier molecular flexibility index (Phi) is 5.03. The zero-order valence-corrected chi connectivity index (χ0v) is 12.4. The largest absolute Gasteiger partial charge is 0.449 e. The molecule has 1 amide bonds. The van der Waals surface area contributed by atoms with Crippen LogP contribution in [0.1, 0.15) is 17.3 Å². The van der Waals surface area contributed by atoms with Gasteiger partial charge in [0.25, 0.3) is 5.91 Å². The predicted octanol–water partition coefficient (Wildman–Crippen LogP) is 1.33. The van der Waals surface area contributed by atoms with Gasteiger partial charge in [-0.3, -0.25) is 4.79 Å². The van der Waals surface area contributed by atoms with Crippen LogP contribution in [0.3, 0.4) is 0 Å². The lowest BCUT2D eigenvalue weighted by Gasteiger charge is -2.29. The van der Waals surface area contributed by atoms with Gasteiger partial charge >= 0.3 is 5.97 Å². The average Bonchev–Trinajstić information content (AvgIpc) is 2.50. The molecule has 0 aliphatic carbocycles. The van der Waals surface area contributed by atoms with Crippen molar-refractivity contribution in [1.82, 2.24) is 4.90 Å². The van der Waals surface area contributed by atoms with Gasteiger partial charge in [-0.2, -0.15) is 0 Å².